The molecule has 4 nitrogen and oxygen atoms in total. The largest absolute Gasteiger partial charge is 0.508 e. The van der Waals surface area contributed by atoms with Gasteiger partial charge in [0.1, 0.15) is 11.5 Å². The number of rotatable bonds is 6. The number of carbonyl (C=O) groups is 1. The molecule has 4 fully saturated rings. The molecule has 4 aliphatic rings. The highest BCUT2D eigenvalue weighted by Gasteiger charge is 2.52. The lowest BCUT2D eigenvalue weighted by Gasteiger charge is -2.57. The number of aromatic hydroxyl groups is 1. The van der Waals surface area contributed by atoms with Gasteiger partial charge in [-0.25, -0.2) is 4.79 Å². The molecule has 0 spiro atoms. The van der Waals surface area contributed by atoms with Crippen molar-refractivity contribution in [3.63, 3.8) is 0 Å². The van der Waals surface area contributed by atoms with Gasteiger partial charge in [-0.15, -0.1) is 0 Å². The molecule has 4 bridgehead atoms. The Labute approximate surface area is 200 Å². The zero-order valence-electron chi connectivity index (χ0n) is 19.2. The fourth-order valence-electron chi connectivity index (χ4n) is 7.24. The number of methoxy groups -OCH3 is 1. The van der Waals surface area contributed by atoms with Crippen LogP contribution in [0.3, 0.4) is 0 Å². The van der Waals surface area contributed by atoms with Gasteiger partial charge in [-0.3, -0.25) is 0 Å². The van der Waals surface area contributed by atoms with Gasteiger partial charge in [-0.2, -0.15) is 0 Å². The van der Waals surface area contributed by atoms with Crippen LogP contribution in [0.1, 0.15) is 63.0 Å². The van der Waals surface area contributed by atoms with Crippen LogP contribution in [-0.2, 0) is 10.2 Å². The zero-order valence-corrected chi connectivity index (χ0v) is 20.0. The number of carboxylic acid groups (broad SMARTS) is 1. The van der Waals surface area contributed by atoms with E-state index in [0.717, 1.165) is 53.7 Å². The number of halogens is 1. The monoisotopic (exact) mass is 466 g/mol. The molecular weight excluding hydrogens is 436 g/mol. The predicted molar refractivity (Wildman–Crippen MR) is 131 cm³/mol. The number of hydrogen-bond donors (Lipinski definition) is 2. The second kappa shape index (κ2) is 8.39. The van der Waals surface area contributed by atoms with Crippen LogP contribution in [0.25, 0.3) is 17.2 Å². The topological polar surface area (TPSA) is 66.8 Å². The summed E-state index contributed by atoms with van der Waals surface area (Å²) in [6.45, 7) is 1.82. The first-order chi connectivity index (χ1) is 15.8. The van der Waals surface area contributed by atoms with Crippen molar-refractivity contribution >= 4 is 23.6 Å². The lowest BCUT2D eigenvalue weighted by Crippen LogP contribution is -2.48. The third-order valence-corrected chi connectivity index (χ3v) is 8.41. The second-order valence-corrected chi connectivity index (χ2v) is 10.8. The number of benzene rings is 2. The van der Waals surface area contributed by atoms with Crippen molar-refractivity contribution < 1.29 is 19.7 Å². The predicted octanol–water partition coefficient (Wildman–Crippen LogP) is 7.07. The number of carboxylic acids is 1. The van der Waals surface area contributed by atoms with Gasteiger partial charge >= 0.3 is 5.97 Å². The molecule has 33 heavy (non-hydrogen) atoms. The van der Waals surface area contributed by atoms with Gasteiger partial charge in [0.15, 0.2) is 0 Å². The first-order valence-corrected chi connectivity index (χ1v) is 12.3. The van der Waals surface area contributed by atoms with Crippen molar-refractivity contribution in [1.29, 1.82) is 0 Å². The zero-order chi connectivity index (χ0) is 23.3. The Bertz CT molecular complexity index is 1100. The summed E-state index contributed by atoms with van der Waals surface area (Å²) in [6, 6.07) is 9.43. The minimum atomic E-state index is -0.949. The van der Waals surface area contributed by atoms with E-state index in [-0.39, 0.29) is 5.41 Å². The third kappa shape index (κ3) is 3.93. The van der Waals surface area contributed by atoms with E-state index < -0.39 is 5.97 Å². The summed E-state index contributed by atoms with van der Waals surface area (Å²) in [6.07, 6.45) is 9.56. The number of phenolic OH excluding ortho intramolecular Hbond substituents is 1. The van der Waals surface area contributed by atoms with Crippen molar-refractivity contribution in [3.8, 4) is 22.6 Å². The van der Waals surface area contributed by atoms with Crippen molar-refractivity contribution in [2.45, 2.75) is 57.3 Å². The molecule has 0 atom stereocenters. The number of hydrogen-bond acceptors (Lipinski definition) is 3. The van der Waals surface area contributed by atoms with Crippen LogP contribution in [0.15, 0.2) is 35.9 Å². The molecule has 0 saturated heterocycles. The highest BCUT2D eigenvalue weighted by atomic mass is 35.5. The minimum absolute atomic E-state index is 0.0576. The molecule has 4 aliphatic carbocycles. The van der Waals surface area contributed by atoms with E-state index in [9.17, 15) is 15.0 Å². The Balaban J connectivity index is 1.62. The van der Waals surface area contributed by atoms with Gasteiger partial charge in [0, 0.05) is 27.3 Å². The fourth-order valence-corrected chi connectivity index (χ4v) is 7.46. The first-order valence-electron chi connectivity index (χ1n) is 12.0. The van der Waals surface area contributed by atoms with Crippen LogP contribution in [0.5, 0.6) is 11.5 Å². The van der Waals surface area contributed by atoms with Gasteiger partial charge < -0.3 is 14.9 Å². The van der Waals surface area contributed by atoms with Crippen LogP contribution in [-0.4, -0.2) is 23.3 Å². The lowest BCUT2D eigenvalue weighted by molar-refractivity contribution is -0.132. The van der Waals surface area contributed by atoms with Gasteiger partial charge in [-0.1, -0.05) is 24.6 Å². The summed E-state index contributed by atoms with van der Waals surface area (Å²) >= 11 is 6.48. The number of phenols is 1. The van der Waals surface area contributed by atoms with Crippen LogP contribution in [0.2, 0.25) is 5.02 Å². The summed E-state index contributed by atoms with van der Waals surface area (Å²) in [5.74, 6) is 2.35. The van der Waals surface area contributed by atoms with Gasteiger partial charge in [0.05, 0.1) is 7.11 Å². The van der Waals surface area contributed by atoms with Crippen LogP contribution >= 0.6 is 11.6 Å². The molecule has 4 saturated carbocycles. The van der Waals surface area contributed by atoms with Crippen LogP contribution in [0, 0.1) is 17.8 Å². The van der Waals surface area contributed by atoms with Crippen molar-refractivity contribution in [1.82, 2.24) is 0 Å². The normalized spacial score (nSPS) is 28.2. The maximum Gasteiger partial charge on any atom is 0.331 e. The van der Waals surface area contributed by atoms with Crippen LogP contribution in [0.4, 0.5) is 0 Å². The highest BCUT2D eigenvalue weighted by Crippen LogP contribution is 2.62. The summed E-state index contributed by atoms with van der Waals surface area (Å²) in [4.78, 5) is 11.6. The second-order valence-electron chi connectivity index (χ2n) is 10.3. The Morgan fingerprint density at radius 1 is 1.12 bits per heavy atom. The minimum Gasteiger partial charge on any atom is -0.508 e. The fraction of sp³-hybridized carbons (Fsp3) is 0.464. The smallest absolute Gasteiger partial charge is 0.331 e. The van der Waals surface area contributed by atoms with Crippen molar-refractivity contribution in [2.75, 3.05) is 7.11 Å². The third-order valence-electron chi connectivity index (χ3n) is 8.19. The maximum absolute atomic E-state index is 11.6. The molecule has 2 N–H and O–H groups in total. The standard InChI is InChI=1S/C28H31ClO4/c1-3-19(27(31)32)9-21-10-22(29)12-23(26(21)33-2)20-4-5-25(30)24(11-20)28-13-16-6-17(14-28)8-18(7-16)15-28/h4-5,9-12,16-18,30H,3,6-8,13-15H2,1-2H3,(H,31,32). The molecule has 0 amide bonds. The average molecular weight is 467 g/mol. The van der Waals surface area contributed by atoms with E-state index >= 15 is 0 Å². The molecule has 2 aromatic carbocycles. The molecule has 0 unspecified atom stereocenters. The molecule has 6 rings (SSSR count). The Hall–Kier alpha value is -2.46. The van der Waals surface area contributed by atoms with Crippen molar-refractivity contribution in [3.05, 3.63) is 52.1 Å². The van der Waals surface area contributed by atoms with Gasteiger partial charge in [-0.05, 0) is 104 Å². The SMILES string of the molecule is CCC(=Cc1cc(Cl)cc(-c2ccc(O)c(C34CC5CC(CC(C5)C3)C4)c2)c1OC)C(=O)O. The van der Waals surface area contributed by atoms with Crippen molar-refractivity contribution in [2.24, 2.45) is 17.8 Å². The molecule has 0 heterocycles. The highest BCUT2D eigenvalue weighted by molar-refractivity contribution is 6.31. The molecule has 0 aliphatic heterocycles. The Morgan fingerprint density at radius 2 is 1.76 bits per heavy atom. The van der Waals surface area contributed by atoms with Gasteiger partial charge in [0.2, 0.25) is 0 Å². The summed E-state index contributed by atoms with van der Waals surface area (Å²) < 4.78 is 5.77. The van der Waals surface area contributed by atoms with E-state index in [1.807, 2.05) is 19.1 Å². The van der Waals surface area contributed by atoms with Gasteiger partial charge in [0.25, 0.3) is 0 Å². The van der Waals surface area contributed by atoms with E-state index in [2.05, 4.69) is 6.07 Å². The molecule has 174 valence electrons. The molecule has 0 radical (unpaired) electrons. The number of ether oxygens (including phenoxy) is 1. The molecule has 5 heteroatoms. The Morgan fingerprint density at radius 3 is 2.30 bits per heavy atom. The summed E-state index contributed by atoms with van der Waals surface area (Å²) in [5.41, 5.74) is 3.79. The van der Waals surface area contributed by atoms with E-state index in [1.165, 1.54) is 19.3 Å². The van der Waals surface area contributed by atoms with E-state index in [0.29, 0.717) is 34.1 Å². The first kappa shape index (κ1) is 22.3. The summed E-state index contributed by atoms with van der Waals surface area (Å²) in [5, 5.41) is 21.0. The molecule has 2 aromatic rings. The quantitative estimate of drug-likeness (QED) is 0.447. The summed E-state index contributed by atoms with van der Waals surface area (Å²) in [7, 11) is 1.59. The average Bonchev–Trinajstić information content (AvgIpc) is 2.76. The molecular formula is C28H31ClO4. The number of aliphatic carboxylic acids is 1. The van der Waals surface area contributed by atoms with E-state index in [1.54, 1.807) is 25.3 Å². The van der Waals surface area contributed by atoms with E-state index in [4.69, 9.17) is 16.3 Å². The Kier molecular flexibility index (Phi) is 5.68. The maximum atomic E-state index is 11.6. The molecule has 0 aromatic heterocycles. The van der Waals surface area contributed by atoms with Crippen LogP contribution < -0.4 is 4.74 Å². The lowest BCUT2D eigenvalue weighted by atomic mass is 9.48.